The summed E-state index contributed by atoms with van der Waals surface area (Å²) >= 11 is 0. The second-order valence-corrected chi connectivity index (χ2v) is 19.6. The van der Waals surface area contributed by atoms with Gasteiger partial charge in [-0.15, -0.1) is 0 Å². The van der Waals surface area contributed by atoms with Crippen LogP contribution in [0.25, 0.3) is 0 Å². The number of nitrogens with one attached hydrogen (secondary N) is 2. The number of aliphatic carboxylic acids is 1. The smallest absolute Gasteiger partial charge is 0.469 e. The van der Waals surface area contributed by atoms with E-state index in [0.29, 0.717) is 38.2 Å². The van der Waals surface area contributed by atoms with Crippen LogP contribution in [0, 0.1) is 0 Å². The fourth-order valence-electron chi connectivity index (χ4n) is 7.07. The fourth-order valence-corrected chi connectivity index (χ4v) is 7.70. The third kappa shape index (κ3) is 28.3. The molecular formula is C52H74N3O25P. The number of rotatable bonds is 37. The predicted octanol–water partition coefficient (Wildman–Crippen LogP) is 0.790. The summed E-state index contributed by atoms with van der Waals surface area (Å²) in [5.41, 5.74) is -1.74. The maximum absolute atomic E-state index is 13.1. The molecule has 1 aromatic rings. The van der Waals surface area contributed by atoms with Gasteiger partial charge in [0.1, 0.15) is 60.9 Å². The number of carboxylic acids is 1. The van der Waals surface area contributed by atoms with Crippen molar-refractivity contribution in [2.45, 2.75) is 120 Å². The number of Topliss-reactive ketones (excluding diaryl/α,β-unsaturated/α-hetero) is 1. The van der Waals surface area contributed by atoms with Gasteiger partial charge in [-0.1, -0.05) is 48.6 Å². The zero-order valence-corrected chi connectivity index (χ0v) is 46.0. The molecule has 9 atom stereocenters. The number of aliphatic hydroxyl groups is 5. The summed E-state index contributed by atoms with van der Waals surface area (Å²) < 4.78 is 59.0. The Kier molecular flexibility index (Phi) is 30.9. The molecule has 0 aliphatic carbocycles. The average molecular weight is 1170 g/mol. The molecular weight excluding hydrogens is 1100 g/mol. The maximum Gasteiger partial charge on any atom is 0.469 e. The van der Waals surface area contributed by atoms with Crippen molar-refractivity contribution in [1.29, 1.82) is 0 Å². The van der Waals surface area contributed by atoms with Gasteiger partial charge in [0.05, 0.1) is 51.4 Å². The number of aliphatic hydroxyl groups excluding tert-OH is 4. The molecule has 0 spiro atoms. The third-order valence-electron chi connectivity index (χ3n) is 11.5. The predicted molar refractivity (Wildman–Crippen MR) is 281 cm³/mol. The number of benzene rings is 1. The van der Waals surface area contributed by atoms with Crippen LogP contribution in [0.2, 0.25) is 0 Å². The number of carbonyl (C=O) groups excluding carboxylic acids is 6. The van der Waals surface area contributed by atoms with Gasteiger partial charge in [0.2, 0.25) is 18.1 Å². The molecule has 3 rings (SSSR count). The first-order valence-electron chi connectivity index (χ1n) is 25.6. The minimum absolute atomic E-state index is 0.0120. The van der Waals surface area contributed by atoms with Crippen molar-refractivity contribution in [2.24, 2.45) is 0 Å². The number of phosphoric ester groups is 1. The highest BCUT2D eigenvalue weighted by Crippen LogP contribution is 2.41. The number of allylic oxidation sites excluding steroid dienone is 4. The van der Waals surface area contributed by atoms with Crippen LogP contribution in [0.3, 0.4) is 0 Å². The second-order valence-electron chi connectivity index (χ2n) is 18.4. The minimum Gasteiger partial charge on any atom is -0.479 e. The Morgan fingerprint density at radius 2 is 1.57 bits per heavy atom. The summed E-state index contributed by atoms with van der Waals surface area (Å²) in [6, 6.07) is 4.06. The number of amides is 3. The number of esters is 2. The summed E-state index contributed by atoms with van der Waals surface area (Å²) in [6.07, 6.45) is 0.0629. The number of ether oxygens (including phenoxy) is 8. The van der Waals surface area contributed by atoms with Crippen LogP contribution in [0.4, 0.5) is 10.5 Å². The first-order chi connectivity index (χ1) is 38.3. The molecule has 1 saturated heterocycles. The van der Waals surface area contributed by atoms with Gasteiger partial charge in [0.15, 0.2) is 6.10 Å². The van der Waals surface area contributed by atoms with Crippen LogP contribution in [-0.4, -0.2) is 208 Å². The lowest BCUT2D eigenvalue weighted by atomic mass is 9.93. The molecule has 2 aliphatic heterocycles. The molecule has 2 aliphatic rings. The molecule has 81 heavy (non-hydrogen) atoms. The van der Waals surface area contributed by atoms with Crippen molar-refractivity contribution < 1.29 is 121 Å². The second kappa shape index (κ2) is 36.3. The Labute approximate surface area is 467 Å². The van der Waals surface area contributed by atoms with Crippen molar-refractivity contribution in [2.75, 3.05) is 71.7 Å². The number of carboxylic acid groups (broad SMARTS) is 1. The van der Waals surface area contributed by atoms with E-state index in [-0.39, 0.29) is 89.0 Å². The summed E-state index contributed by atoms with van der Waals surface area (Å²) in [5.74, 6) is -4.09. The van der Waals surface area contributed by atoms with E-state index in [0.717, 1.165) is 0 Å². The van der Waals surface area contributed by atoms with Crippen molar-refractivity contribution in [3.8, 4) is 5.75 Å². The van der Waals surface area contributed by atoms with Crippen LogP contribution >= 0.6 is 7.82 Å². The van der Waals surface area contributed by atoms with Crippen molar-refractivity contribution in [3.63, 3.8) is 0 Å². The molecule has 0 saturated carbocycles. The van der Waals surface area contributed by atoms with Crippen LogP contribution in [0.1, 0.15) is 64.4 Å². The highest BCUT2D eigenvalue weighted by Gasteiger charge is 2.48. The first kappa shape index (κ1) is 69.0. The number of ketones is 1. The lowest BCUT2D eigenvalue weighted by Gasteiger charge is -2.38. The van der Waals surface area contributed by atoms with Gasteiger partial charge in [-0.05, 0) is 50.1 Å². The Bertz CT molecular complexity index is 2410. The Morgan fingerprint density at radius 3 is 2.23 bits per heavy atom. The number of hydrogen-bond donors (Lipinski definition) is 10. The summed E-state index contributed by atoms with van der Waals surface area (Å²) in [6.45, 7) is 3.74. The van der Waals surface area contributed by atoms with E-state index in [2.05, 4.69) is 10.6 Å². The highest BCUT2D eigenvalue weighted by atomic mass is 31.2. The molecule has 1 aromatic carbocycles. The summed E-state index contributed by atoms with van der Waals surface area (Å²) in [4.78, 5) is 105. The van der Waals surface area contributed by atoms with Crippen LogP contribution in [0.15, 0.2) is 79.0 Å². The molecule has 28 nitrogen and oxygen atoms in total. The zero-order valence-electron chi connectivity index (χ0n) is 45.1. The SMILES string of the molecule is CC(=O)CCOCCOCCOCCC(=O)NCCC(=O)Nc1cc(COC(=O)CCCN(C)C(=O)OC/C=C/C=C\C=C/[C@@H](O)C[C@@H](OP(=O)(O)O)[C@](C)(O)/C=C/[C@H]2CC=CC(=O)O2)ccc1O[C@@H]1O[C@H](C(=O)O)[C@@H](O)[C@H](O)[C@H]1O. The number of carbonyl (C=O) groups is 7. The molecule has 452 valence electrons. The quantitative estimate of drug-likeness (QED) is 0.0110. The standard InChI is InChI=1S/C52H74N3O25P/c1-34(56)19-25-72-27-29-74-30-28-73-26-20-41(58)53-22-18-42(59)54-38-31-35(15-16-39(38)78-50-47(64)45(62)46(63)48(79-50)49(65)66)33-76-43(60)14-10-23-55(3)51(67)75-24-8-6-4-5-7-11-36(57)32-40(80-81(69,70)71)52(2,68)21-17-37-12-9-13-44(61)77-37/h4-9,11,13,15-17,21,31,36-37,40,45-48,50,57,62-64,68H,10,12,14,18-20,22-30,32-33H2,1-3H3,(H,53,58)(H,54,59)(H,65,66)(H2,69,70,71)/b5-4-,8-6+,11-7-,21-17+/t36-,37-,40-,45+,46+,47-,48+,50-,52-/m1/s1. The summed E-state index contributed by atoms with van der Waals surface area (Å²) in [7, 11) is -3.65. The lowest BCUT2D eigenvalue weighted by molar-refractivity contribution is -0.271. The van der Waals surface area contributed by atoms with E-state index in [4.69, 9.17) is 42.4 Å². The Hall–Kier alpha value is -6.24. The van der Waals surface area contributed by atoms with Crippen LogP contribution < -0.4 is 15.4 Å². The third-order valence-corrected chi connectivity index (χ3v) is 12.0. The van der Waals surface area contributed by atoms with Crippen molar-refractivity contribution >= 4 is 55.1 Å². The molecule has 0 bridgehead atoms. The number of phosphoric acid groups is 1. The molecule has 0 aromatic heterocycles. The number of anilines is 1. The van der Waals surface area contributed by atoms with Gasteiger partial charge in [-0.3, -0.25) is 23.7 Å². The van der Waals surface area contributed by atoms with E-state index in [1.165, 1.54) is 98.7 Å². The zero-order chi connectivity index (χ0) is 60.0. The van der Waals surface area contributed by atoms with Gasteiger partial charge in [-0.2, -0.15) is 0 Å². The number of hydrogen-bond acceptors (Lipinski definition) is 22. The summed E-state index contributed by atoms with van der Waals surface area (Å²) in [5, 5.41) is 67.1. The van der Waals surface area contributed by atoms with Crippen molar-refractivity contribution in [1.82, 2.24) is 10.2 Å². The largest absolute Gasteiger partial charge is 0.479 e. The van der Waals surface area contributed by atoms with Gasteiger partial charge in [0, 0.05) is 64.7 Å². The molecule has 1 fully saturated rings. The van der Waals surface area contributed by atoms with Gasteiger partial charge >= 0.3 is 31.8 Å². The fraction of sp³-hybridized carbons (Fsp3) is 0.558. The minimum atomic E-state index is -5.11. The van der Waals surface area contributed by atoms with E-state index >= 15 is 0 Å². The van der Waals surface area contributed by atoms with Crippen LogP contribution in [0.5, 0.6) is 5.75 Å². The van der Waals surface area contributed by atoms with E-state index < -0.39 is 105 Å². The number of nitrogens with zero attached hydrogens (tertiary/aromatic N) is 1. The first-order valence-corrected chi connectivity index (χ1v) is 27.1. The monoisotopic (exact) mass is 1170 g/mol. The normalized spacial score (nSPS) is 20.9. The maximum atomic E-state index is 13.1. The van der Waals surface area contributed by atoms with Gasteiger partial charge < -0.3 is 93.9 Å². The van der Waals surface area contributed by atoms with Crippen LogP contribution in [-0.2, 0) is 77.6 Å². The average Bonchev–Trinajstić information content (AvgIpc) is 3.42. The van der Waals surface area contributed by atoms with Gasteiger partial charge in [0.25, 0.3) is 0 Å². The topological polar surface area (TPSA) is 409 Å². The van der Waals surface area contributed by atoms with E-state index in [9.17, 15) is 78.6 Å². The van der Waals surface area contributed by atoms with Gasteiger partial charge in [-0.25, -0.2) is 18.9 Å². The highest BCUT2D eigenvalue weighted by molar-refractivity contribution is 7.46. The van der Waals surface area contributed by atoms with E-state index in [1.807, 2.05) is 0 Å². The van der Waals surface area contributed by atoms with E-state index in [1.54, 1.807) is 6.08 Å². The molecule has 29 heteroatoms. The lowest BCUT2D eigenvalue weighted by Crippen LogP contribution is -2.61. The molecule has 0 unspecified atom stereocenters. The number of cyclic esters (lactones) is 1. The molecule has 10 N–H and O–H groups in total. The Morgan fingerprint density at radius 1 is 0.889 bits per heavy atom. The Balaban J connectivity index is 1.45. The molecule has 0 radical (unpaired) electrons. The molecule has 2 heterocycles. The molecule has 3 amide bonds. The van der Waals surface area contributed by atoms with Crippen molar-refractivity contribution in [3.05, 3.63) is 84.5 Å².